The number of rotatable bonds is 7. The van der Waals surface area contributed by atoms with Crippen molar-refractivity contribution in [1.29, 1.82) is 0 Å². The molecule has 0 aliphatic heterocycles. The van der Waals surface area contributed by atoms with E-state index in [1.54, 1.807) is 31.2 Å². The molecule has 1 amide bonds. The van der Waals surface area contributed by atoms with Crippen LogP contribution in [0.25, 0.3) is 0 Å². The Balaban J connectivity index is 1.59. The minimum atomic E-state index is -0.776. The predicted octanol–water partition coefficient (Wildman–Crippen LogP) is 6.36. The van der Waals surface area contributed by atoms with Crippen molar-refractivity contribution in [3.05, 3.63) is 88.5 Å². The number of esters is 1. The molecule has 5 heteroatoms. The van der Waals surface area contributed by atoms with E-state index in [9.17, 15) is 9.59 Å². The lowest BCUT2D eigenvalue weighted by atomic mass is 9.98. The maximum absolute atomic E-state index is 12.6. The number of benzene rings is 3. The molecule has 0 spiro atoms. The van der Waals surface area contributed by atoms with Crippen LogP contribution >= 0.6 is 0 Å². The molecule has 33 heavy (non-hydrogen) atoms. The molecular formula is C28H31NO4. The molecule has 1 atom stereocenters. The molecule has 5 nitrogen and oxygen atoms in total. The molecule has 0 bridgehead atoms. The zero-order valence-corrected chi connectivity index (χ0v) is 20.1. The fraction of sp³-hybridized carbons (Fsp3) is 0.286. The third-order valence-electron chi connectivity index (χ3n) is 5.47. The summed E-state index contributed by atoms with van der Waals surface area (Å²) in [6.07, 6.45) is -0.776. The van der Waals surface area contributed by atoms with Gasteiger partial charge in [-0.3, -0.25) is 4.79 Å². The number of ether oxygens (including phenoxy) is 2. The fourth-order valence-electron chi connectivity index (χ4n) is 3.64. The van der Waals surface area contributed by atoms with Crippen molar-refractivity contribution in [2.24, 2.45) is 0 Å². The van der Waals surface area contributed by atoms with Crippen LogP contribution in [0.2, 0.25) is 0 Å². The first-order chi connectivity index (χ1) is 15.6. The third kappa shape index (κ3) is 6.22. The molecule has 0 aromatic heterocycles. The topological polar surface area (TPSA) is 64.6 Å². The number of amides is 1. The number of carbonyl (C=O) groups is 2. The molecule has 172 valence electrons. The minimum Gasteiger partial charge on any atom is -0.479 e. The highest BCUT2D eigenvalue weighted by atomic mass is 16.6. The van der Waals surface area contributed by atoms with Crippen LogP contribution < -0.4 is 14.8 Å². The number of hydrogen-bond acceptors (Lipinski definition) is 4. The van der Waals surface area contributed by atoms with E-state index in [4.69, 9.17) is 9.47 Å². The Morgan fingerprint density at radius 3 is 2.06 bits per heavy atom. The van der Waals surface area contributed by atoms with E-state index in [0.29, 0.717) is 23.0 Å². The molecule has 1 unspecified atom stereocenters. The zero-order chi connectivity index (χ0) is 24.1. The number of aryl methyl sites for hydroxylation is 3. The van der Waals surface area contributed by atoms with Crippen molar-refractivity contribution in [2.75, 3.05) is 5.32 Å². The summed E-state index contributed by atoms with van der Waals surface area (Å²) in [5.41, 5.74) is 5.75. The summed E-state index contributed by atoms with van der Waals surface area (Å²) in [6.45, 7) is 11.9. The Kier molecular flexibility index (Phi) is 7.54. The lowest BCUT2D eigenvalue weighted by Gasteiger charge is -2.16. The van der Waals surface area contributed by atoms with Crippen molar-refractivity contribution in [3.63, 3.8) is 0 Å². The van der Waals surface area contributed by atoms with Gasteiger partial charge in [0.15, 0.2) is 6.10 Å². The van der Waals surface area contributed by atoms with Crippen LogP contribution in [0, 0.1) is 20.8 Å². The second-order valence-electron chi connectivity index (χ2n) is 8.65. The van der Waals surface area contributed by atoms with Gasteiger partial charge in [0, 0.05) is 11.3 Å². The van der Waals surface area contributed by atoms with Gasteiger partial charge in [0.25, 0.3) is 5.91 Å². The summed E-state index contributed by atoms with van der Waals surface area (Å²) in [4.78, 5) is 25.0. The normalized spacial score (nSPS) is 11.7. The highest BCUT2D eigenvalue weighted by Gasteiger charge is 2.18. The van der Waals surface area contributed by atoms with E-state index in [1.165, 1.54) is 5.56 Å². The minimum absolute atomic E-state index is 0.225. The largest absolute Gasteiger partial charge is 0.479 e. The van der Waals surface area contributed by atoms with Crippen molar-refractivity contribution < 1.29 is 19.1 Å². The number of nitrogens with one attached hydrogen (secondary N) is 1. The van der Waals surface area contributed by atoms with Gasteiger partial charge in [-0.2, -0.15) is 0 Å². The Bertz CT molecular complexity index is 1150. The highest BCUT2D eigenvalue weighted by molar-refractivity contribution is 6.04. The summed E-state index contributed by atoms with van der Waals surface area (Å²) >= 11 is 0. The first kappa shape index (κ1) is 24.1. The van der Waals surface area contributed by atoms with E-state index in [-0.39, 0.29) is 5.91 Å². The summed E-state index contributed by atoms with van der Waals surface area (Å²) in [6, 6.07) is 18.1. The quantitative estimate of drug-likeness (QED) is 0.339. The van der Waals surface area contributed by atoms with Gasteiger partial charge in [0.2, 0.25) is 0 Å². The second kappa shape index (κ2) is 10.3. The Morgan fingerprint density at radius 2 is 1.45 bits per heavy atom. The molecule has 0 fully saturated rings. The maximum atomic E-state index is 12.6. The first-order valence-electron chi connectivity index (χ1n) is 11.1. The van der Waals surface area contributed by atoms with Crippen LogP contribution in [-0.4, -0.2) is 18.0 Å². The lowest BCUT2D eigenvalue weighted by Crippen LogP contribution is -2.28. The third-order valence-corrected chi connectivity index (χ3v) is 5.47. The molecular weight excluding hydrogens is 414 g/mol. The van der Waals surface area contributed by atoms with E-state index < -0.39 is 12.1 Å². The maximum Gasteiger partial charge on any atom is 0.352 e. The molecule has 0 aliphatic carbocycles. The van der Waals surface area contributed by atoms with Gasteiger partial charge in [-0.25, -0.2) is 4.79 Å². The molecule has 0 aliphatic rings. The zero-order valence-electron chi connectivity index (χ0n) is 20.1. The fourth-order valence-corrected chi connectivity index (χ4v) is 3.64. The second-order valence-corrected chi connectivity index (χ2v) is 8.65. The molecule has 0 saturated heterocycles. The van der Waals surface area contributed by atoms with Crippen LogP contribution in [0.3, 0.4) is 0 Å². The highest BCUT2D eigenvalue weighted by Crippen LogP contribution is 2.24. The Hall–Kier alpha value is -3.60. The van der Waals surface area contributed by atoms with Gasteiger partial charge in [-0.15, -0.1) is 0 Å². The van der Waals surface area contributed by atoms with Crippen molar-refractivity contribution in [1.82, 2.24) is 0 Å². The van der Waals surface area contributed by atoms with Crippen molar-refractivity contribution in [3.8, 4) is 11.5 Å². The van der Waals surface area contributed by atoms with E-state index in [1.807, 2.05) is 57.2 Å². The molecule has 1 N–H and O–H groups in total. The van der Waals surface area contributed by atoms with Gasteiger partial charge >= 0.3 is 5.97 Å². The van der Waals surface area contributed by atoms with E-state index >= 15 is 0 Å². The standard InChI is InChI=1S/C28H31NO4/c1-17(2)25-13-12-24(16-19(25)4)32-21(6)28(31)33-23-10-8-22(9-11-23)27(30)29-26-14-7-18(3)15-20(26)5/h7-17,21H,1-6H3,(H,29,30). The van der Waals surface area contributed by atoms with Crippen molar-refractivity contribution >= 4 is 17.6 Å². The van der Waals surface area contributed by atoms with Crippen LogP contribution in [-0.2, 0) is 4.79 Å². The summed E-state index contributed by atoms with van der Waals surface area (Å²) < 4.78 is 11.2. The molecule has 0 saturated carbocycles. The average molecular weight is 446 g/mol. The Morgan fingerprint density at radius 1 is 0.788 bits per heavy atom. The van der Waals surface area contributed by atoms with Crippen molar-refractivity contribution in [2.45, 2.75) is 53.6 Å². The van der Waals surface area contributed by atoms with Gasteiger partial charge in [0.1, 0.15) is 11.5 Å². The average Bonchev–Trinajstić information content (AvgIpc) is 2.76. The molecule has 0 radical (unpaired) electrons. The number of anilines is 1. The molecule has 0 heterocycles. The van der Waals surface area contributed by atoms with E-state index in [0.717, 1.165) is 22.4 Å². The number of carbonyl (C=O) groups excluding carboxylic acids is 2. The smallest absolute Gasteiger partial charge is 0.352 e. The van der Waals surface area contributed by atoms with Gasteiger partial charge in [-0.05, 0) is 92.8 Å². The van der Waals surface area contributed by atoms with E-state index in [2.05, 4.69) is 19.2 Å². The lowest BCUT2D eigenvalue weighted by molar-refractivity contribution is -0.141. The van der Waals surface area contributed by atoms with Gasteiger partial charge < -0.3 is 14.8 Å². The summed E-state index contributed by atoms with van der Waals surface area (Å²) in [5, 5.41) is 2.91. The van der Waals surface area contributed by atoms with Gasteiger partial charge in [-0.1, -0.05) is 37.6 Å². The van der Waals surface area contributed by atoms with Crippen LogP contribution in [0.4, 0.5) is 5.69 Å². The number of hydrogen-bond donors (Lipinski definition) is 1. The first-order valence-corrected chi connectivity index (χ1v) is 11.1. The van der Waals surface area contributed by atoms with Crippen LogP contribution in [0.5, 0.6) is 11.5 Å². The summed E-state index contributed by atoms with van der Waals surface area (Å²) in [5.74, 6) is 0.668. The summed E-state index contributed by atoms with van der Waals surface area (Å²) in [7, 11) is 0. The Labute approximate surface area is 195 Å². The molecule has 3 aromatic carbocycles. The van der Waals surface area contributed by atoms with Crippen LogP contribution in [0.1, 0.15) is 59.3 Å². The SMILES string of the molecule is Cc1ccc(NC(=O)c2ccc(OC(=O)C(C)Oc3ccc(C(C)C)c(C)c3)cc2)c(C)c1. The predicted molar refractivity (Wildman–Crippen MR) is 131 cm³/mol. The van der Waals surface area contributed by atoms with Crippen LogP contribution in [0.15, 0.2) is 60.7 Å². The molecule has 3 aromatic rings. The monoisotopic (exact) mass is 445 g/mol. The van der Waals surface area contributed by atoms with Gasteiger partial charge in [0.05, 0.1) is 0 Å². The molecule has 3 rings (SSSR count).